The molecule has 1 aromatic heterocycles. The molecule has 0 atom stereocenters. The van der Waals surface area contributed by atoms with Gasteiger partial charge in [-0.15, -0.1) is 0 Å². The summed E-state index contributed by atoms with van der Waals surface area (Å²) >= 11 is 6.17. The van der Waals surface area contributed by atoms with Crippen LogP contribution in [0.1, 0.15) is 24.0 Å². The number of hydrogen-bond acceptors (Lipinski definition) is 4. The fourth-order valence-corrected chi connectivity index (χ4v) is 3.48. The van der Waals surface area contributed by atoms with Crippen LogP contribution in [0.4, 0.5) is 5.82 Å². The molecule has 5 nitrogen and oxygen atoms in total. The number of rotatable bonds is 5. The van der Waals surface area contributed by atoms with E-state index in [1.807, 2.05) is 55.4 Å². The minimum atomic E-state index is -0.597. The molecule has 26 heavy (non-hydrogen) atoms. The Hall–Kier alpha value is -2.11. The molecule has 2 aromatic rings. The summed E-state index contributed by atoms with van der Waals surface area (Å²) in [4.78, 5) is 19.5. The first-order chi connectivity index (χ1) is 12.5. The van der Waals surface area contributed by atoms with Gasteiger partial charge in [0.2, 0.25) is 5.91 Å². The van der Waals surface area contributed by atoms with Crippen molar-refractivity contribution in [2.45, 2.75) is 24.8 Å². The maximum absolute atomic E-state index is 13.1. The Labute approximate surface area is 159 Å². The Morgan fingerprint density at radius 3 is 2.65 bits per heavy atom. The summed E-state index contributed by atoms with van der Waals surface area (Å²) in [5, 5.41) is 3.73. The topological polar surface area (TPSA) is 54.5 Å². The van der Waals surface area contributed by atoms with Gasteiger partial charge in [0.05, 0.1) is 5.41 Å². The first-order valence-corrected chi connectivity index (χ1v) is 9.13. The van der Waals surface area contributed by atoms with Crippen molar-refractivity contribution in [1.29, 1.82) is 0 Å². The van der Waals surface area contributed by atoms with Crippen LogP contribution in [0.15, 0.2) is 42.6 Å². The third kappa shape index (κ3) is 4.00. The molecule has 0 aliphatic carbocycles. The van der Waals surface area contributed by atoms with Crippen molar-refractivity contribution >= 4 is 23.3 Å². The highest BCUT2D eigenvalue weighted by atomic mass is 35.5. The first-order valence-electron chi connectivity index (χ1n) is 8.76. The van der Waals surface area contributed by atoms with E-state index in [4.69, 9.17) is 16.3 Å². The molecule has 1 N–H and O–H groups in total. The molecule has 1 aliphatic rings. The second kappa shape index (κ2) is 8.06. The number of anilines is 1. The lowest BCUT2D eigenvalue weighted by Crippen LogP contribution is -2.47. The summed E-state index contributed by atoms with van der Waals surface area (Å²) in [6.45, 7) is 1.58. The van der Waals surface area contributed by atoms with Gasteiger partial charge < -0.3 is 15.0 Å². The lowest BCUT2D eigenvalue weighted by atomic mass is 9.73. The van der Waals surface area contributed by atoms with E-state index in [9.17, 15) is 4.79 Å². The quantitative estimate of drug-likeness (QED) is 0.874. The highest BCUT2D eigenvalue weighted by molar-refractivity contribution is 6.30. The lowest BCUT2D eigenvalue weighted by Gasteiger charge is -2.36. The van der Waals surface area contributed by atoms with E-state index in [2.05, 4.69) is 10.3 Å². The number of nitrogens with zero attached hydrogens (tertiary/aromatic N) is 2. The zero-order chi connectivity index (χ0) is 18.6. The van der Waals surface area contributed by atoms with Crippen molar-refractivity contribution in [3.63, 3.8) is 0 Å². The van der Waals surface area contributed by atoms with Crippen LogP contribution < -0.4 is 10.2 Å². The van der Waals surface area contributed by atoms with E-state index >= 15 is 0 Å². The van der Waals surface area contributed by atoms with Crippen LogP contribution in [0.2, 0.25) is 5.02 Å². The average molecular weight is 374 g/mol. The number of carbonyl (C=O) groups is 1. The molecule has 3 rings (SSSR count). The van der Waals surface area contributed by atoms with E-state index < -0.39 is 5.41 Å². The molecule has 2 heterocycles. The Kier molecular flexibility index (Phi) is 5.79. The molecule has 1 aliphatic heterocycles. The zero-order valence-corrected chi connectivity index (χ0v) is 15.9. The lowest BCUT2D eigenvalue weighted by molar-refractivity contribution is -0.130. The van der Waals surface area contributed by atoms with E-state index in [-0.39, 0.29) is 5.91 Å². The van der Waals surface area contributed by atoms with Crippen molar-refractivity contribution in [1.82, 2.24) is 10.3 Å². The minimum Gasteiger partial charge on any atom is -0.381 e. The molecular formula is C20H24ClN3O2. The van der Waals surface area contributed by atoms with Crippen LogP contribution in [-0.2, 0) is 21.5 Å². The number of hydrogen-bond donors (Lipinski definition) is 1. The molecule has 1 fully saturated rings. The van der Waals surface area contributed by atoms with Gasteiger partial charge in [-0.25, -0.2) is 4.98 Å². The highest BCUT2D eigenvalue weighted by Gasteiger charge is 2.41. The van der Waals surface area contributed by atoms with Gasteiger partial charge in [0.15, 0.2) is 0 Å². The fourth-order valence-electron chi connectivity index (χ4n) is 3.29. The maximum Gasteiger partial charge on any atom is 0.231 e. The van der Waals surface area contributed by atoms with Crippen molar-refractivity contribution in [2.24, 2.45) is 0 Å². The Bertz CT molecular complexity index is 756. The molecule has 6 heteroatoms. The standard InChI is InChI=1S/C20H24ClN3O2/c1-24(2)18-7-6-15(13-22-18)14-23-19(25)20(8-10-26-11-9-20)16-4-3-5-17(21)12-16/h3-7,12-13H,8-11,14H2,1-2H3,(H,23,25). The minimum absolute atomic E-state index is 0.0137. The molecule has 0 bridgehead atoms. The van der Waals surface area contributed by atoms with Gasteiger partial charge in [-0.05, 0) is 42.2 Å². The predicted octanol–water partition coefficient (Wildman–Crippen LogP) is 3.17. The third-order valence-corrected chi connectivity index (χ3v) is 5.11. The smallest absolute Gasteiger partial charge is 0.231 e. The zero-order valence-electron chi connectivity index (χ0n) is 15.2. The number of aromatic nitrogens is 1. The van der Waals surface area contributed by atoms with Crippen LogP contribution in [-0.4, -0.2) is 38.2 Å². The number of ether oxygens (including phenoxy) is 1. The molecule has 0 saturated carbocycles. The molecule has 0 radical (unpaired) electrons. The summed E-state index contributed by atoms with van der Waals surface area (Å²) in [7, 11) is 3.90. The van der Waals surface area contributed by atoms with E-state index in [1.54, 1.807) is 6.20 Å². The monoisotopic (exact) mass is 373 g/mol. The Balaban J connectivity index is 1.76. The fraction of sp³-hybridized carbons (Fsp3) is 0.400. The number of halogens is 1. The second-order valence-corrected chi connectivity index (χ2v) is 7.24. The van der Waals surface area contributed by atoms with Crippen LogP contribution >= 0.6 is 11.6 Å². The third-order valence-electron chi connectivity index (χ3n) is 4.88. The van der Waals surface area contributed by atoms with Gasteiger partial charge in [0.1, 0.15) is 5.82 Å². The number of carbonyl (C=O) groups excluding carboxylic acids is 1. The molecule has 0 unspecified atom stereocenters. The molecule has 0 spiro atoms. The SMILES string of the molecule is CN(C)c1ccc(CNC(=O)C2(c3cccc(Cl)c3)CCOCC2)cn1. The number of pyridine rings is 1. The van der Waals surface area contributed by atoms with Gasteiger partial charge in [-0.2, -0.15) is 0 Å². The predicted molar refractivity (Wildman–Crippen MR) is 104 cm³/mol. The van der Waals surface area contributed by atoms with Crippen molar-refractivity contribution < 1.29 is 9.53 Å². The maximum atomic E-state index is 13.1. The molecular weight excluding hydrogens is 350 g/mol. The highest BCUT2D eigenvalue weighted by Crippen LogP contribution is 2.36. The Morgan fingerprint density at radius 2 is 2.04 bits per heavy atom. The molecule has 1 aromatic carbocycles. The van der Waals surface area contributed by atoms with Gasteiger partial charge in [0.25, 0.3) is 0 Å². The summed E-state index contributed by atoms with van der Waals surface area (Å²) < 4.78 is 5.50. The number of amides is 1. The van der Waals surface area contributed by atoms with E-state index in [1.165, 1.54) is 0 Å². The van der Waals surface area contributed by atoms with Gasteiger partial charge >= 0.3 is 0 Å². The van der Waals surface area contributed by atoms with Crippen molar-refractivity contribution in [3.8, 4) is 0 Å². The van der Waals surface area contributed by atoms with Crippen molar-refractivity contribution in [3.05, 3.63) is 58.7 Å². The number of nitrogens with one attached hydrogen (secondary N) is 1. The summed E-state index contributed by atoms with van der Waals surface area (Å²) in [5.74, 6) is 0.902. The number of benzene rings is 1. The van der Waals surface area contributed by atoms with E-state index in [0.29, 0.717) is 37.6 Å². The molecule has 1 saturated heterocycles. The average Bonchev–Trinajstić information content (AvgIpc) is 2.67. The second-order valence-electron chi connectivity index (χ2n) is 6.81. The molecule has 138 valence electrons. The van der Waals surface area contributed by atoms with Crippen LogP contribution in [0.3, 0.4) is 0 Å². The van der Waals surface area contributed by atoms with E-state index in [0.717, 1.165) is 16.9 Å². The summed E-state index contributed by atoms with van der Waals surface area (Å²) in [5.41, 5.74) is 1.32. The normalized spacial score (nSPS) is 16.1. The molecule has 1 amide bonds. The first kappa shape index (κ1) is 18.7. The summed E-state index contributed by atoms with van der Waals surface area (Å²) in [6, 6.07) is 11.5. The van der Waals surface area contributed by atoms with Crippen LogP contribution in [0.5, 0.6) is 0 Å². The summed E-state index contributed by atoms with van der Waals surface area (Å²) in [6.07, 6.45) is 3.10. The van der Waals surface area contributed by atoms with Gasteiger partial charge in [-0.3, -0.25) is 4.79 Å². The Morgan fingerprint density at radius 1 is 1.27 bits per heavy atom. The van der Waals surface area contributed by atoms with Crippen LogP contribution in [0.25, 0.3) is 0 Å². The van der Waals surface area contributed by atoms with Gasteiger partial charge in [-0.1, -0.05) is 29.8 Å². The van der Waals surface area contributed by atoms with Crippen LogP contribution in [0, 0.1) is 0 Å². The van der Waals surface area contributed by atoms with Gasteiger partial charge in [0, 0.05) is 45.1 Å². The largest absolute Gasteiger partial charge is 0.381 e. The van der Waals surface area contributed by atoms with Crippen molar-refractivity contribution in [2.75, 3.05) is 32.2 Å².